The number of nitrogens with one attached hydrogen (secondary N) is 2. The molecule has 0 aliphatic heterocycles. The summed E-state index contributed by atoms with van der Waals surface area (Å²) >= 11 is 0. The van der Waals surface area contributed by atoms with Crippen LogP contribution in [0.4, 0.5) is 17.5 Å². The highest BCUT2D eigenvalue weighted by atomic mass is 16.5. The topological polar surface area (TPSA) is 59.1 Å². The number of benzene rings is 2. The number of hydrogen-bond donors (Lipinski definition) is 2. The summed E-state index contributed by atoms with van der Waals surface area (Å²) in [5, 5.41) is 6.55. The Morgan fingerprint density at radius 2 is 1.71 bits per heavy atom. The smallest absolute Gasteiger partial charge is 0.229 e. The number of methoxy groups -OCH3 is 1. The molecule has 0 amide bonds. The minimum atomic E-state index is 0.565. The van der Waals surface area contributed by atoms with Gasteiger partial charge in [-0.15, -0.1) is 0 Å². The maximum atomic E-state index is 5.16. The van der Waals surface area contributed by atoms with Gasteiger partial charge in [0.15, 0.2) is 0 Å². The molecule has 1 aromatic heterocycles. The summed E-state index contributed by atoms with van der Waals surface area (Å²) in [6, 6.07) is 19.8. The van der Waals surface area contributed by atoms with E-state index in [0.717, 1.165) is 29.5 Å². The molecule has 2 N–H and O–H groups in total. The van der Waals surface area contributed by atoms with Crippen LogP contribution in [-0.2, 0) is 6.54 Å². The molecule has 1 heterocycles. The van der Waals surface area contributed by atoms with Gasteiger partial charge in [-0.1, -0.05) is 30.3 Å². The predicted octanol–water partition coefficient (Wildman–Crippen LogP) is 4.15. The highest BCUT2D eigenvalue weighted by molar-refractivity contribution is 5.56. The number of hydrogen-bond acceptors (Lipinski definition) is 5. The highest BCUT2D eigenvalue weighted by Gasteiger charge is 2.03. The van der Waals surface area contributed by atoms with E-state index in [1.54, 1.807) is 7.11 Å². The van der Waals surface area contributed by atoms with Gasteiger partial charge in [-0.25, -0.2) is 4.98 Å². The largest absolute Gasteiger partial charge is 0.497 e. The van der Waals surface area contributed by atoms with Crippen molar-refractivity contribution in [3.8, 4) is 5.75 Å². The van der Waals surface area contributed by atoms with E-state index in [4.69, 9.17) is 4.74 Å². The molecule has 0 saturated carbocycles. The van der Waals surface area contributed by atoms with Crippen molar-refractivity contribution in [2.75, 3.05) is 17.7 Å². The predicted molar refractivity (Wildman–Crippen MR) is 96.8 cm³/mol. The van der Waals surface area contributed by atoms with E-state index in [1.807, 2.05) is 55.5 Å². The van der Waals surface area contributed by atoms with Crippen molar-refractivity contribution in [3.05, 3.63) is 71.9 Å². The van der Waals surface area contributed by atoms with E-state index < -0.39 is 0 Å². The van der Waals surface area contributed by atoms with Crippen LogP contribution in [0.2, 0.25) is 0 Å². The van der Waals surface area contributed by atoms with Gasteiger partial charge in [-0.3, -0.25) is 0 Å². The zero-order chi connectivity index (χ0) is 16.8. The lowest BCUT2D eigenvalue weighted by Crippen LogP contribution is -2.05. The molecule has 0 aliphatic rings. The van der Waals surface area contributed by atoms with E-state index in [1.165, 1.54) is 5.56 Å². The maximum absolute atomic E-state index is 5.16. The molecular weight excluding hydrogens is 300 g/mol. The van der Waals surface area contributed by atoms with Gasteiger partial charge < -0.3 is 15.4 Å². The van der Waals surface area contributed by atoms with Crippen LogP contribution >= 0.6 is 0 Å². The lowest BCUT2D eigenvalue weighted by molar-refractivity contribution is 0.415. The van der Waals surface area contributed by atoms with Crippen LogP contribution in [0.5, 0.6) is 5.75 Å². The average molecular weight is 320 g/mol. The molecule has 0 atom stereocenters. The zero-order valence-electron chi connectivity index (χ0n) is 13.8. The Kier molecular flexibility index (Phi) is 4.91. The minimum absolute atomic E-state index is 0.565. The molecule has 5 nitrogen and oxygen atoms in total. The summed E-state index contributed by atoms with van der Waals surface area (Å²) in [4.78, 5) is 8.96. The van der Waals surface area contributed by atoms with Crippen molar-refractivity contribution in [1.82, 2.24) is 9.97 Å². The van der Waals surface area contributed by atoms with Crippen LogP contribution in [-0.4, -0.2) is 17.1 Å². The fraction of sp³-hybridized carbons (Fsp3) is 0.158. The first-order chi connectivity index (χ1) is 11.7. The Morgan fingerprint density at radius 3 is 2.42 bits per heavy atom. The summed E-state index contributed by atoms with van der Waals surface area (Å²) in [7, 11) is 1.65. The van der Waals surface area contributed by atoms with Crippen LogP contribution in [0.25, 0.3) is 0 Å². The van der Waals surface area contributed by atoms with E-state index in [0.29, 0.717) is 5.95 Å². The van der Waals surface area contributed by atoms with Crippen molar-refractivity contribution in [1.29, 1.82) is 0 Å². The third kappa shape index (κ3) is 4.23. The number of aromatic nitrogens is 2. The number of rotatable bonds is 6. The summed E-state index contributed by atoms with van der Waals surface area (Å²) in [6.07, 6.45) is 0. The Morgan fingerprint density at radius 1 is 0.958 bits per heavy atom. The fourth-order valence-corrected chi connectivity index (χ4v) is 2.31. The molecule has 0 spiro atoms. The molecule has 2 aromatic carbocycles. The van der Waals surface area contributed by atoms with Crippen LogP contribution in [0.15, 0.2) is 60.7 Å². The molecule has 0 bridgehead atoms. The monoisotopic (exact) mass is 320 g/mol. The van der Waals surface area contributed by atoms with Crippen molar-refractivity contribution in [2.45, 2.75) is 13.5 Å². The van der Waals surface area contributed by atoms with Gasteiger partial charge in [0.2, 0.25) is 5.95 Å². The maximum Gasteiger partial charge on any atom is 0.229 e. The van der Waals surface area contributed by atoms with Gasteiger partial charge in [0.1, 0.15) is 11.6 Å². The first-order valence-corrected chi connectivity index (χ1v) is 7.77. The number of ether oxygens (including phenoxy) is 1. The summed E-state index contributed by atoms with van der Waals surface area (Å²) in [6.45, 7) is 2.67. The molecule has 122 valence electrons. The summed E-state index contributed by atoms with van der Waals surface area (Å²) < 4.78 is 5.16. The van der Waals surface area contributed by atoms with Crippen LogP contribution in [0.1, 0.15) is 11.3 Å². The fourth-order valence-electron chi connectivity index (χ4n) is 2.31. The summed E-state index contributed by atoms with van der Waals surface area (Å²) in [5.74, 6) is 2.18. The van der Waals surface area contributed by atoms with Crippen LogP contribution in [0.3, 0.4) is 0 Å². The second kappa shape index (κ2) is 7.46. The van der Waals surface area contributed by atoms with Crippen LogP contribution in [0, 0.1) is 6.92 Å². The van der Waals surface area contributed by atoms with E-state index in [2.05, 4.69) is 32.7 Å². The Balaban J connectivity index is 1.70. The number of aryl methyl sites for hydroxylation is 1. The number of nitrogens with zero attached hydrogens (tertiary/aromatic N) is 2. The molecule has 3 rings (SSSR count). The quantitative estimate of drug-likeness (QED) is 0.714. The van der Waals surface area contributed by atoms with Crippen molar-refractivity contribution >= 4 is 17.5 Å². The summed E-state index contributed by atoms with van der Waals surface area (Å²) in [5.41, 5.74) is 3.02. The lowest BCUT2D eigenvalue weighted by atomic mass is 10.2. The molecule has 24 heavy (non-hydrogen) atoms. The van der Waals surface area contributed by atoms with Crippen molar-refractivity contribution in [3.63, 3.8) is 0 Å². The van der Waals surface area contributed by atoms with Gasteiger partial charge in [0.25, 0.3) is 0 Å². The first kappa shape index (κ1) is 15.8. The van der Waals surface area contributed by atoms with E-state index in [-0.39, 0.29) is 0 Å². The van der Waals surface area contributed by atoms with Crippen molar-refractivity contribution in [2.24, 2.45) is 0 Å². The minimum Gasteiger partial charge on any atom is -0.497 e. The molecule has 0 aliphatic carbocycles. The second-order valence-corrected chi connectivity index (χ2v) is 5.41. The Bertz CT molecular complexity index is 788. The lowest BCUT2D eigenvalue weighted by Gasteiger charge is -2.10. The molecule has 0 fully saturated rings. The molecule has 3 aromatic rings. The van der Waals surface area contributed by atoms with Gasteiger partial charge in [-0.2, -0.15) is 4.98 Å². The van der Waals surface area contributed by atoms with E-state index in [9.17, 15) is 0 Å². The Hall–Kier alpha value is -3.08. The van der Waals surface area contributed by atoms with Crippen LogP contribution < -0.4 is 15.4 Å². The van der Waals surface area contributed by atoms with Gasteiger partial charge in [0.05, 0.1) is 7.11 Å². The molecule has 0 radical (unpaired) electrons. The van der Waals surface area contributed by atoms with Gasteiger partial charge in [0, 0.05) is 24.0 Å². The normalized spacial score (nSPS) is 10.2. The molecule has 0 unspecified atom stereocenters. The Labute approximate surface area is 141 Å². The first-order valence-electron chi connectivity index (χ1n) is 7.77. The second-order valence-electron chi connectivity index (χ2n) is 5.41. The third-order valence-corrected chi connectivity index (χ3v) is 3.52. The zero-order valence-corrected chi connectivity index (χ0v) is 13.8. The third-order valence-electron chi connectivity index (χ3n) is 3.52. The van der Waals surface area contributed by atoms with Crippen molar-refractivity contribution < 1.29 is 4.74 Å². The SMILES string of the molecule is COc1ccc(Nc2nc(C)cc(NCc3ccccc3)n2)cc1. The molecular formula is C19H20N4O. The number of anilines is 3. The highest BCUT2D eigenvalue weighted by Crippen LogP contribution is 2.19. The molecule has 0 saturated heterocycles. The van der Waals surface area contributed by atoms with E-state index >= 15 is 0 Å². The van der Waals surface area contributed by atoms with Gasteiger partial charge >= 0.3 is 0 Å². The average Bonchev–Trinajstić information content (AvgIpc) is 2.61. The standard InChI is InChI=1S/C19H20N4O/c1-14-12-18(20-13-15-6-4-3-5-7-15)23-19(21-14)22-16-8-10-17(24-2)11-9-16/h3-12H,13H2,1-2H3,(H2,20,21,22,23). The molecule has 5 heteroatoms. The van der Waals surface area contributed by atoms with Gasteiger partial charge in [-0.05, 0) is 36.8 Å².